The number of nitrogens with zero attached hydrogens (tertiary/aromatic N) is 3. The Morgan fingerprint density at radius 1 is 1.47 bits per heavy atom. The predicted molar refractivity (Wildman–Crippen MR) is 73.5 cm³/mol. The molecule has 0 bridgehead atoms. The molecule has 1 atom stereocenters. The molecule has 0 saturated heterocycles. The number of hydrogen-bond donors (Lipinski definition) is 2. The number of quaternary nitrogens is 1. The van der Waals surface area contributed by atoms with Crippen molar-refractivity contribution >= 4 is 16.9 Å². The summed E-state index contributed by atoms with van der Waals surface area (Å²) in [7, 11) is 7.50. The first-order valence-electron chi connectivity index (χ1n) is 5.98. The minimum Gasteiger partial charge on any atom is -0.363 e. The maximum Gasteiger partial charge on any atom is 0.206 e. The lowest BCUT2D eigenvalue weighted by Crippen LogP contribution is -2.53. The van der Waals surface area contributed by atoms with Crippen LogP contribution in [0.2, 0.25) is 0 Å². The summed E-state index contributed by atoms with van der Waals surface area (Å²) in [5, 5.41) is 19.8. The number of hydrogen-bond acceptors (Lipinski definition) is 5. The van der Waals surface area contributed by atoms with E-state index in [0.29, 0.717) is 16.6 Å². The van der Waals surface area contributed by atoms with Crippen molar-refractivity contribution in [2.45, 2.75) is 30.7 Å². The number of carbonyl (C=O) groups excluding carboxylic acids is 1. The fourth-order valence-corrected chi connectivity index (χ4v) is 2.57. The molecular formula is C12H22N3O3S+. The first-order valence-corrected chi connectivity index (χ1v) is 6.80. The molecule has 0 amide bonds. The predicted octanol–water partition coefficient (Wildman–Crippen LogP) is -0.0133. The highest BCUT2D eigenvalue weighted by atomic mass is 32.2. The van der Waals surface area contributed by atoms with Gasteiger partial charge in [0.05, 0.1) is 33.2 Å². The molecule has 108 valence electrons. The lowest BCUT2D eigenvalue weighted by Gasteiger charge is -2.34. The van der Waals surface area contributed by atoms with Crippen LogP contribution in [-0.2, 0) is 18.3 Å². The number of aryl methyl sites for hydroxylation is 1. The summed E-state index contributed by atoms with van der Waals surface area (Å²) in [5.41, 5.74) is 0.717. The van der Waals surface area contributed by atoms with Crippen LogP contribution >= 0.6 is 11.8 Å². The van der Waals surface area contributed by atoms with Gasteiger partial charge in [0.25, 0.3) is 0 Å². The second kappa shape index (κ2) is 6.04. The van der Waals surface area contributed by atoms with Crippen molar-refractivity contribution in [3.63, 3.8) is 0 Å². The van der Waals surface area contributed by atoms with Gasteiger partial charge in [-0.05, 0) is 11.8 Å². The van der Waals surface area contributed by atoms with Crippen LogP contribution in [0.3, 0.4) is 0 Å². The molecule has 0 aliphatic rings. The van der Waals surface area contributed by atoms with Gasteiger partial charge in [-0.1, -0.05) is 0 Å². The number of aromatic nitrogens is 2. The Hall–Kier alpha value is -0.890. The Labute approximate surface area is 117 Å². The van der Waals surface area contributed by atoms with Crippen LogP contribution in [-0.4, -0.2) is 62.8 Å². The average Bonchev–Trinajstić information content (AvgIpc) is 2.54. The molecule has 0 aromatic carbocycles. The van der Waals surface area contributed by atoms with Crippen LogP contribution in [0.25, 0.3) is 0 Å². The third-order valence-electron chi connectivity index (χ3n) is 2.94. The number of likely N-dealkylation sites (N-methyl/N-ethyl adjacent to an activating group) is 1. The second-order valence-corrected chi connectivity index (χ2v) is 6.67. The van der Waals surface area contributed by atoms with Crippen molar-refractivity contribution in [3.8, 4) is 0 Å². The smallest absolute Gasteiger partial charge is 0.206 e. The fourth-order valence-electron chi connectivity index (χ4n) is 1.85. The molecule has 1 aromatic rings. The standard InChI is InChI=1S/C12H22N3O3S/c1-8(16)19-11-9(13-7-14(11)2)6-10(12(17)18)15(3,4)5/h7,10,12,17-18H,6H2,1-5H3/q+1/t10-/m0/s1. The molecule has 2 N–H and O–H groups in total. The summed E-state index contributed by atoms with van der Waals surface area (Å²) in [6.07, 6.45) is 0.603. The summed E-state index contributed by atoms with van der Waals surface area (Å²) in [5.74, 6) is 0. The van der Waals surface area contributed by atoms with Gasteiger partial charge >= 0.3 is 0 Å². The van der Waals surface area contributed by atoms with Crippen LogP contribution < -0.4 is 0 Å². The summed E-state index contributed by atoms with van der Waals surface area (Å²) in [6, 6.07) is -0.402. The van der Waals surface area contributed by atoms with E-state index in [1.54, 1.807) is 10.9 Å². The van der Waals surface area contributed by atoms with Gasteiger partial charge in [0.15, 0.2) is 5.12 Å². The van der Waals surface area contributed by atoms with Crippen LogP contribution in [0.1, 0.15) is 12.6 Å². The van der Waals surface area contributed by atoms with Crippen molar-refractivity contribution in [1.82, 2.24) is 9.55 Å². The molecular weight excluding hydrogens is 266 g/mol. The molecule has 0 aliphatic carbocycles. The Morgan fingerprint density at radius 3 is 2.47 bits per heavy atom. The van der Waals surface area contributed by atoms with Crippen LogP contribution in [0, 0.1) is 0 Å². The zero-order valence-corrected chi connectivity index (χ0v) is 12.8. The summed E-state index contributed by atoms with van der Waals surface area (Å²) in [4.78, 5) is 15.5. The van der Waals surface area contributed by atoms with Crippen LogP contribution in [0.15, 0.2) is 11.4 Å². The largest absolute Gasteiger partial charge is 0.363 e. The maximum atomic E-state index is 11.3. The number of aliphatic hydroxyl groups is 2. The van der Waals surface area contributed by atoms with E-state index in [1.807, 2.05) is 28.2 Å². The molecule has 6 nitrogen and oxygen atoms in total. The molecule has 0 fully saturated rings. The zero-order valence-electron chi connectivity index (χ0n) is 12.0. The summed E-state index contributed by atoms with van der Waals surface area (Å²) >= 11 is 1.11. The number of rotatable bonds is 5. The molecule has 19 heavy (non-hydrogen) atoms. The van der Waals surface area contributed by atoms with Gasteiger partial charge in [-0.3, -0.25) is 4.79 Å². The first-order chi connectivity index (χ1) is 8.62. The quantitative estimate of drug-likeness (QED) is 0.453. The molecule has 0 radical (unpaired) electrons. The highest BCUT2D eigenvalue weighted by Crippen LogP contribution is 2.25. The van der Waals surface area contributed by atoms with Crippen molar-refractivity contribution in [1.29, 1.82) is 0 Å². The minimum atomic E-state index is -1.43. The van der Waals surface area contributed by atoms with Gasteiger partial charge in [-0.25, -0.2) is 4.98 Å². The van der Waals surface area contributed by atoms with E-state index < -0.39 is 12.3 Å². The van der Waals surface area contributed by atoms with E-state index in [4.69, 9.17) is 0 Å². The van der Waals surface area contributed by atoms with Crippen LogP contribution in [0.5, 0.6) is 0 Å². The van der Waals surface area contributed by atoms with Gasteiger partial charge in [0.1, 0.15) is 11.1 Å². The molecule has 1 heterocycles. The van der Waals surface area contributed by atoms with E-state index in [2.05, 4.69) is 4.98 Å². The van der Waals surface area contributed by atoms with Crippen molar-refractivity contribution in [2.75, 3.05) is 21.1 Å². The van der Waals surface area contributed by atoms with E-state index in [9.17, 15) is 15.0 Å². The number of aliphatic hydroxyl groups excluding tert-OH is 1. The molecule has 0 spiro atoms. The average molecular weight is 288 g/mol. The highest BCUT2D eigenvalue weighted by Gasteiger charge is 2.32. The lowest BCUT2D eigenvalue weighted by molar-refractivity contribution is -0.903. The minimum absolute atomic E-state index is 0.0174. The molecule has 0 unspecified atom stereocenters. The lowest BCUT2D eigenvalue weighted by atomic mass is 10.1. The SMILES string of the molecule is CC(=O)Sc1c(C[C@@H](C(O)O)[N+](C)(C)C)ncn1C. The van der Waals surface area contributed by atoms with Gasteiger partial charge in [-0.15, -0.1) is 0 Å². The normalized spacial score (nSPS) is 13.9. The Morgan fingerprint density at radius 2 is 2.05 bits per heavy atom. The molecule has 1 aromatic heterocycles. The third-order valence-corrected chi connectivity index (χ3v) is 3.94. The van der Waals surface area contributed by atoms with Crippen molar-refractivity contribution in [3.05, 3.63) is 12.0 Å². The van der Waals surface area contributed by atoms with E-state index in [-0.39, 0.29) is 5.12 Å². The summed E-state index contributed by atoms with van der Waals surface area (Å²) < 4.78 is 2.18. The second-order valence-electron chi connectivity index (χ2n) is 5.50. The van der Waals surface area contributed by atoms with E-state index in [0.717, 1.165) is 16.8 Å². The maximum absolute atomic E-state index is 11.3. The van der Waals surface area contributed by atoms with Crippen molar-refractivity contribution < 1.29 is 19.5 Å². The zero-order chi connectivity index (χ0) is 14.8. The number of thioether (sulfide) groups is 1. The summed E-state index contributed by atoms with van der Waals surface area (Å²) in [6.45, 7) is 1.50. The van der Waals surface area contributed by atoms with Gasteiger partial charge in [0, 0.05) is 20.4 Å². The Balaban J connectivity index is 3.01. The molecule has 0 aliphatic heterocycles. The first kappa shape index (κ1) is 16.2. The van der Waals surface area contributed by atoms with Gasteiger partial charge < -0.3 is 19.3 Å². The Bertz CT molecular complexity index is 452. The monoisotopic (exact) mass is 288 g/mol. The van der Waals surface area contributed by atoms with Gasteiger partial charge in [0.2, 0.25) is 6.29 Å². The Kier molecular flexibility index (Phi) is 5.14. The highest BCUT2D eigenvalue weighted by molar-refractivity contribution is 8.13. The molecule has 1 rings (SSSR count). The van der Waals surface area contributed by atoms with Gasteiger partial charge in [-0.2, -0.15) is 0 Å². The molecule has 0 saturated carbocycles. The number of carbonyl (C=O) groups is 1. The topological polar surface area (TPSA) is 75.3 Å². The fraction of sp³-hybridized carbons (Fsp3) is 0.667. The number of imidazole rings is 1. The van der Waals surface area contributed by atoms with E-state index >= 15 is 0 Å². The molecule has 7 heteroatoms. The van der Waals surface area contributed by atoms with Crippen LogP contribution in [0.4, 0.5) is 0 Å². The van der Waals surface area contributed by atoms with Crippen molar-refractivity contribution in [2.24, 2.45) is 7.05 Å². The van der Waals surface area contributed by atoms with E-state index in [1.165, 1.54) is 6.92 Å². The third kappa shape index (κ3) is 4.31.